The SMILES string of the molecule is O=C(O)C[N+]1(S(=O)(=O)c2ccc3ccccc3c2)C(=O)C2(CCNCC2)c2ccccc21. The molecule has 1 atom stereocenters. The third-order valence-corrected chi connectivity index (χ3v) is 8.95. The molecule has 32 heavy (non-hydrogen) atoms. The van der Waals surface area contributed by atoms with E-state index in [9.17, 15) is 23.1 Å². The fourth-order valence-electron chi connectivity index (χ4n) is 5.28. The van der Waals surface area contributed by atoms with Crippen LogP contribution in [-0.4, -0.2) is 45.0 Å². The van der Waals surface area contributed by atoms with Crippen molar-refractivity contribution in [2.45, 2.75) is 23.2 Å². The van der Waals surface area contributed by atoms with Crippen molar-refractivity contribution < 1.29 is 23.1 Å². The minimum absolute atomic E-state index is 0.0633. The Morgan fingerprint density at radius 1 is 0.969 bits per heavy atom. The van der Waals surface area contributed by atoms with E-state index in [-0.39, 0.29) is 10.6 Å². The molecule has 2 aliphatic heterocycles. The largest absolute Gasteiger partial charge is 0.477 e. The zero-order valence-electron chi connectivity index (χ0n) is 17.3. The molecule has 8 heteroatoms. The highest BCUT2D eigenvalue weighted by Gasteiger charge is 2.68. The predicted molar refractivity (Wildman–Crippen MR) is 121 cm³/mol. The van der Waals surface area contributed by atoms with Gasteiger partial charge in [0.05, 0.1) is 0 Å². The van der Waals surface area contributed by atoms with Crippen molar-refractivity contribution in [1.82, 2.24) is 9.21 Å². The Labute approximate surface area is 185 Å². The second-order valence-corrected chi connectivity index (χ2v) is 10.5. The van der Waals surface area contributed by atoms with Crippen molar-refractivity contribution >= 4 is 38.4 Å². The van der Waals surface area contributed by atoms with Gasteiger partial charge in [-0.05, 0) is 48.8 Å². The Bertz CT molecular complexity index is 1360. The average molecular weight is 452 g/mol. The molecule has 0 aromatic heterocycles. The van der Waals surface area contributed by atoms with Crippen molar-refractivity contribution in [3.8, 4) is 0 Å². The summed E-state index contributed by atoms with van der Waals surface area (Å²) < 4.78 is 27.2. The number of hydrogen-bond donors (Lipinski definition) is 2. The fraction of sp³-hybridized carbons (Fsp3) is 0.250. The number of sulfonamides is 1. The summed E-state index contributed by atoms with van der Waals surface area (Å²) in [5, 5.41) is 14.6. The molecule has 1 saturated heterocycles. The number of piperidine rings is 1. The van der Waals surface area contributed by atoms with Crippen LogP contribution in [0.1, 0.15) is 18.4 Å². The first-order valence-electron chi connectivity index (χ1n) is 10.5. The number of amides is 1. The van der Waals surface area contributed by atoms with Gasteiger partial charge in [0.1, 0.15) is 10.3 Å². The number of carboxylic acid groups (broad SMARTS) is 1. The Morgan fingerprint density at radius 2 is 1.62 bits per heavy atom. The minimum atomic E-state index is -4.44. The molecule has 0 saturated carbocycles. The second-order valence-electron chi connectivity index (χ2n) is 8.43. The molecule has 3 aromatic carbocycles. The highest BCUT2D eigenvalue weighted by atomic mass is 32.2. The molecule has 164 valence electrons. The maximum Gasteiger partial charge on any atom is 0.361 e. The number of carbonyl (C=O) groups excluding carboxylic acids is 1. The molecule has 0 aliphatic carbocycles. The number of carboxylic acids is 1. The van der Waals surface area contributed by atoms with Crippen LogP contribution < -0.4 is 9.21 Å². The molecule has 0 radical (unpaired) electrons. The van der Waals surface area contributed by atoms with Crippen LogP contribution in [0, 0.1) is 0 Å². The van der Waals surface area contributed by atoms with Crippen LogP contribution in [0.2, 0.25) is 0 Å². The maximum atomic E-state index is 14.2. The van der Waals surface area contributed by atoms with Gasteiger partial charge in [-0.1, -0.05) is 48.5 Å². The smallest absolute Gasteiger partial charge is 0.361 e. The van der Waals surface area contributed by atoms with E-state index in [1.807, 2.05) is 12.1 Å². The summed E-state index contributed by atoms with van der Waals surface area (Å²) in [7, 11) is -4.44. The Morgan fingerprint density at radius 3 is 2.34 bits per heavy atom. The van der Waals surface area contributed by atoms with Crippen LogP contribution in [0.5, 0.6) is 0 Å². The van der Waals surface area contributed by atoms with Gasteiger partial charge in [0.15, 0.2) is 5.69 Å². The molecule has 7 nitrogen and oxygen atoms in total. The van der Waals surface area contributed by atoms with Crippen LogP contribution in [0.4, 0.5) is 5.69 Å². The van der Waals surface area contributed by atoms with E-state index in [1.165, 1.54) is 12.1 Å². The third-order valence-electron chi connectivity index (χ3n) is 6.79. The number of quaternary nitrogens is 1. The molecular weight excluding hydrogens is 428 g/mol. The average Bonchev–Trinajstić information content (AvgIpc) is 3.00. The summed E-state index contributed by atoms with van der Waals surface area (Å²) in [6, 6.07) is 18.8. The first kappa shape index (κ1) is 20.8. The zero-order valence-corrected chi connectivity index (χ0v) is 18.1. The van der Waals surface area contributed by atoms with E-state index >= 15 is 0 Å². The molecule has 2 aliphatic rings. The lowest BCUT2D eigenvalue weighted by Gasteiger charge is -2.34. The number of hydrogen-bond acceptors (Lipinski definition) is 5. The quantitative estimate of drug-likeness (QED) is 0.592. The molecule has 1 unspecified atom stereocenters. The minimum Gasteiger partial charge on any atom is -0.477 e. The first-order chi connectivity index (χ1) is 15.3. The number of benzene rings is 3. The lowest BCUT2D eigenvalue weighted by atomic mass is 9.74. The number of para-hydroxylation sites is 1. The molecule has 2 heterocycles. The van der Waals surface area contributed by atoms with Crippen LogP contribution in [0.25, 0.3) is 10.8 Å². The highest BCUT2D eigenvalue weighted by molar-refractivity contribution is 7.91. The van der Waals surface area contributed by atoms with Gasteiger partial charge in [0.25, 0.3) is 0 Å². The summed E-state index contributed by atoms with van der Waals surface area (Å²) in [4.78, 5) is 26.2. The van der Waals surface area contributed by atoms with Crippen molar-refractivity contribution in [2.75, 3.05) is 19.6 Å². The zero-order chi connectivity index (χ0) is 22.6. The van der Waals surface area contributed by atoms with E-state index in [0.29, 0.717) is 36.9 Å². The van der Waals surface area contributed by atoms with E-state index in [4.69, 9.17) is 0 Å². The van der Waals surface area contributed by atoms with Gasteiger partial charge in [0, 0.05) is 11.6 Å². The van der Waals surface area contributed by atoms with Gasteiger partial charge >= 0.3 is 21.9 Å². The molecule has 2 N–H and O–H groups in total. The first-order valence-corrected chi connectivity index (χ1v) is 12.0. The summed E-state index contributed by atoms with van der Waals surface area (Å²) in [6.45, 7) is 0.256. The van der Waals surface area contributed by atoms with Crippen LogP contribution in [0.15, 0.2) is 71.6 Å². The van der Waals surface area contributed by atoms with Gasteiger partial charge in [-0.3, -0.25) is 0 Å². The van der Waals surface area contributed by atoms with Crippen molar-refractivity contribution in [3.63, 3.8) is 0 Å². The summed E-state index contributed by atoms with van der Waals surface area (Å²) in [6.07, 6.45) is 0.853. The molecule has 1 amide bonds. The molecule has 5 rings (SSSR count). The lowest BCUT2D eigenvalue weighted by Crippen LogP contribution is -2.63. The third kappa shape index (κ3) is 2.70. The van der Waals surface area contributed by atoms with Crippen LogP contribution in [0.3, 0.4) is 0 Å². The van der Waals surface area contributed by atoms with Crippen molar-refractivity contribution in [3.05, 3.63) is 72.3 Å². The topological polar surface area (TPSA) is 101 Å². The monoisotopic (exact) mass is 451 g/mol. The van der Waals surface area contributed by atoms with Gasteiger partial charge in [-0.25, -0.2) is 9.59 Å². The predicted octanol–water partition coefficient (Wildman–Crippen LogP) is 2.78. The Kier molecular flexibility index (Phi) is 4.70. The number of fused-ring (bicyclic) bond motifs is 3. The van der Waals surface area contributed by atoms with Crippen LogP contribution >= 0.6 is 0 Å². The number of nitrogens with zero attached hydrogens (tertiary/aromatic N) is 1. The number of carbonyl (C=O) groups is 2. The normalized spacial score (nSPS) is 22.2. The molecule has 0 bridgehead atoms. The van der Waals surface area contributed by atoms with E-state index in [1.54, 1.807) is 42.5 Å². The van der Waals surface area contributed by atoms with Crippen molar-refractivity contribution in [1.29, 1.82) is 0 Å². The van der Waals surface area contributed by atoms with Crippen LogP contribution in [-0.2, 0) is 25.0 Å². The summed E-state index contributed by atoms with van der Waals surface area (Å²) in [5.41, 5.74) is -0.159. The second kappa shape index (κ2) is 7.23. The molecule has 1 fully saturated rings. The number of aliphatic carboxylic acids is 1. The Hall–Kier alpha value is -3.07. The van der Waals surface area contributed by atoms with Gasteiger partial charge < -0.3 is 10.4 Å². The molecule has 1 spiro atoms. The standard InChI is InChI=1S/C24H22N2O5S/c27-22(28)16-26(32(30,31)19-10-9-17-5-1-2-6-18(17)15-19)21-8-4-3-7-20(21)24(23(26)29)11-13-25-14-12-24/h1-10,15,25H,11-14,16H2/p+1. The Balaban J connectivity index is 1.80. The maximum absolute atomic E-state index is 14.2. The van der Waals surface area contributed by atoms with Gasteiger partial charge in [0.2, 0.25) is 6.54 Å². The van der Waals surface area contributed by atoms with E-state index in [2.05, 4.69) is 5.32 Å². The molecular formula is C24H23N2O5S+. The fourth-order valence-corrected chi connectivity index (χ4v) is 7.25. The van der Waals surface area contributed by atoms with Gasteiger partial charge in [-0.15, -0.1) is 3.89 Å². The lowest BCUT2D eigenvalue weighted by molar-refractivity contribution is -0.142. The van der Waals surface area contributed by atoms with E-state index in [0.717, 1.165) is 5.39 Å². The number of nitrogens with one attached hydrogen (secondary N) is 1. The summed E-state index contributed by atoms with van der Waals surface area (Å²) >= 11 is 0. The van der Waals surface area contributed by atoms with E-state index < -0.39 is 37.7 Å². The summed E-state index contributed by atoms with van der Waals surface area (Å²) in [5.74, 6) is -1.92. The molecule has 3 aromatic rings. The van der Waals surface area contributed by atoms with Crippen molar-refractivity contribution in [2.24, 2.45) is 0 Å². The number of rotatable bonds is 4. The highest BCUT2D eigenvalue weighted by Crippen LogP contribution is 2.53. The van der Waals surface area contributed by atoms with Gasteiger partial charge in [-0.2, -0.15) is 8.42 Å².